The van der Waals surface area contributed by atoms with Gasteiger partial charge in [-0.25, -0.2) is 4.79 Å². The van der Waals surface area contributed by atoms with Crippen molar-refractivity contribution in [3.63, 3.8) is 0 Å². The largest absolute Gasteiger partial charge is 0.497 e. The smallest absolute Gasteiger partial charge is 0.319 e. The van der Waals surface area contributed by atoms with Gasteiger partial charge in [0.1, 0.15) is 5.75 Å². The highest BCUT2D eigenvalue weighted by molar-refractivity contribution is 5.88. The van der Waals surface area contributed by atoms with Crippen molar-refractivity contribution in [3.05, 3.63) is 71.8 Å². The van der Waals surface area contributed by atoms with Gasteiger partial charge in [-0.05, 0) is 29.3 Å². The van der Waals surface area contributed by atoms with E-state index in [-0.39, 0.29) is 12.1 Å². The number of nitrogens with one attached hydrogen (secondary N) is 2. The molecular weight excluding hydrogens is 264 g/mol. The van der Waals surface area contributed by atoms with E-state index in [4.69, 9.17) is 4.74 Å². The molecule has 1 heterocycles. The van der Waals surface area contributed by atoms with E-state index in [0.29, 0.717) is 0 Å². The van der Waals surface area contributed by atoms with Gasteiger partial charge in [0.2, 0.25) is 0 Å². The van der Waals surface area contributed by atoms with Gasteiger partial charge < -0.3 is 15.4 Å². The topological polar surface area (TPSA) is 50.4 Å². The van der Waals surface area contributed by atoms with E-state index in [1.54, 1.807) is 7.11 Å². The summed E-state index contributed by atoms with van der Waals surface area (Å²) >= 11 is 0. The molecule has 2 aromatic rings. The maximum atomic E-state index is 11.9. The van der Waals surface area contributed by atoms with Crippen molar-refractivity contribution in [1.82, 2.24) is 10.6 Å². The molecule has 0 spiro atoms. The molecule has 0 radical (unpaired) electrons. The maximum Gasteiger partial charge on any atom is 0.319 e. The predicted molar refractivity (Wildman–Crippen MR) is 81.8 cm³/mol. The highest BCUT2D eigenvalue weighted by atomic mass is 16.5. The predicted octanol–water partition coefficient (Wildman–Crippen LogP) is 3.09. The Balaban J connectivity index is 1.96. The Morgan fingerprint density at radius 1 is 1.05 bits per heavy atom. The fourth-order valence-corrected chi connectivity index (χ4v) is 2.35. The lowest BCUT2D eigenvalue weighted by molar-refractivity contribution is 0.241. The summed E-state index contributed by atoms with van der Waals surface area (Å²) in [6, 6.07) is 17.1. The standard InChI is InChI=1S/C17H16N2O2/c1-21-14-9-5-8-13(10-14)16-11-15(18-17(20)19-16)12-6-3-2-4-7-12/h2-11,16H,1H3,(H2,18,19,20). The second-order valence-electron chi connectivity index (χ2n) is 4.80. The van der Waals surface area contributed by atoms with Crippen molar-refractivity contribution in [2.24, 2.45) is 0 Å². The quantitative estimate of drug-likeness (QED) is 0.907. The van der Waals surface area contributed by atoms with E-state index in [1.165, 1.54) is 0 Å². The first-order valence-corrected chi connectivity index (χ1v) is 6.75. The molecule has 0 saturated heterocycles. The third-order valence-corrected chi connectivity index (χ3v) is 3.41. The molecule has 1 aliphatic heterocycles. The molecule has 1 atom stereocenters. The van der Waals surface area contributed by atoms with Gasteiger partial charge in [0, 0.05) is 5.70 Å². The van der Waals surface area contributed by atoms with E-state index < -0.39 is 0 Å². The van der Waals surface area contributed by atoms with Gasteiger partial charge in [-0.15, -0.1) is 0 Å². The minimum Gasteiger partial charge on any atom is -0.497 e. The number of rotatable bonds is 3. The third-order valence-electron chi connectivity index (χ3n) is 3.41. The number of ether oxygens (including phenoxy) is 1. The van der Waals surface area contributed by atoms with Crippen LogP contribution >= 0.6 is 0 Å². The number of carbonyl (C=O) groups excluding carboxylic acids is 1. The van der Waals surface area contributed by atoms with E-state index in [2.05, 4.69) is 10.6 Å². The Morgan fingerprint density at radius 2 is 1.86 bits per heavy atom. The van der Waals surface area contributed by atoms with Crippen LogP contribution in [-0.2, 0) is 0 Å². The summed E-state index contributed by atoms with van der Waals surface area (Å²) in [7, 11) is 1.63. The number of carbonyl (C=O) groups is 1. The third kappa shape index (κ3) is 2.89. The molecule has 2 N–H and O–H groups in total. The lowest BCUT2D eigenvalue weighted by atomic mass is 10.0. The summed E-state index contributed by atoms with van der Waals surface area (Å²) in [6.07, 6.45) is 2.01. The van der Waals surface area contributed by atoms with Crippen molar-refractivity contribution in [2.75, 3.05) is 7.11 Å². The molecule has 0 aromatic heterocycles. The van der Waals surface area contributed by atoms with Crippen LogP contribution in [0.15, 0.2) is 60.7 Å². The number of urea groups is 1. The van der Waals surface area contributed by atoms with Crippen LogP contribution in [0, 0.1) is 0 Å². The molecule has 2 amide bonds. The van der Waals surface area contributed by atoms with Gasteiger partial charge in [0.05, 0.1) is 13.2 Å². The lowest BCUT2D eigenvalue weighted by Gasteiger charge is -2.24. The van der Waals surface area contributed by atoms with E-state index in [9.17, 15) is 4.79 Å². The number of benzene rings is 2. The Hall–Kier alpha value is -2.75. The Labute approximate surface area is 123 Å². The molecule has 106 valence electrons. The summed E-state index contributed by atoms with van der Waals surface area (Å²) in [4.78, 5) is 11.9. The van der Waals surface area contributed by atoms with Crippen LogP contribution < -0.4 is 15.4 Å². The minimum absolute atomic E-state index is 0.177. The van der Waals surface area contributed by atoms with Crippen LogP contribution in [0.25, 0.3) is 5.70 Å². The molecular formula is C17H16N2O2. The highest BCUT2D eigenvalue weighted by Crippen LogP contribution is 2.25. The Morgan fingerprint density at radius 3 is 2.62 bits per heavy atom. The van der Waals surface area contributed by atoms with Crippen molar-refractivity contribution in [2.45, 2.75) is 6.04 Å². The Bertz CT molecular complexity index is 680. The van der Waals surface area contributed by atoms with Gasteiger partial charge in [-0.3, -0.25) is 0 Å². The zero-order valence-corrected chi connectivity index (χ0v) is 11.7. The molecule has 1 unspecified atom stereocenters. The van der Waals surface area contributed by atoms with Crippen LogP contribution in [0.4, 0.5) is 4.79 Å². The second kappa shape index (κ2) is 5.71. The van der Waals surface area contributed by atoms with Crippen LogP contribution in [-0.4, -0.2) is 13.1 Å². The number of hydrogen-bond acceptors (Lipinski definition) is 2. The molecule has 3 rings (SSSR count). The van der Waals surface area contributed by atoms with Gasteiger partial charge in [-0.2, -0.15) is 0 Å². The molecule has 2 aromatic carbocycles. The van der Waals surface area contributed by atoms with Gasteiger partial charge in [0.25, 0.3) is 0 Å². The Kier molecular flexibility index (Phi) is 3.60. The van der Waals surface area contributed by atoms with Gasteiger partial charge in [-0.1, -0.05) is 42.5 Å². The van der Waals surface area contributed by atoms with Crippen molar-refractivity contribution >= 4 is 11.7 Å². The maximum absolute atomic E-state index is 11.9. The van der Waals surface area contributed by atoms with E-state index in [0.717, 1.165) is 22.6 Å². The van der Waals surface area contributed by atoms with E-state index in [1.807, 2.05) is 60.7 Å². The van der Waals surface area contributed by atoms with Crippen LogP contribution in [0.2, 0.25) is 0 Å². The van der Waals surface area contributed by atoms with Crippen molar-refractivity contribution in [3.8, 4) is 5.75 Å². The fraction of sp³-hybridized carbons (Fsp3) is 0.118. The zero-order valence-electron chi connectivity index (χ0n) is 11.7. The lowest BCUT2D eigenvalue weighted by Crippen LogP contribution is -2.40. The average Bonchev–Trinajstić information content (AvgIpc) is 2.55. The van der Waals surface area contributed by atoms with Crippen LogP contribution in [0.1, 0.15) is 17.2 Å². The fourth-order valence-electron chi connectivity index (χ4n) is 2.35. The number of amides is 2. The molecule has 21 heavy (non-hydrogen) atoms. The summed E-state index contributed by atoms with van der Waals surface area (Å²) in [5.41, 5.74) is 2.78. The summed E-state index contributed by atoms with van der Waals surface area (Å²) < 4.78 is 5.23. The molecule has 0 aliphatic carbocycles. The van der Waals surface area contributed by atoms with Crippen molar-refractivity contribution < 1.29 is 9.53 Å². The first-order valence-electron chi connectivity index (χ1n) is 6.75. The zero-order chi connectivity index (χ0) is 14.7. The molecule has 0 fully saturated rings. The number of methoxy groups -OCH3 is 1. The average molecular weight is 280 g/mol. The minimum atomic E-state index is -0.204. The molecule has 1 aliphatic rings. The molecule has 0 saturated carbocycles. The van der Waals surface area contributed by atoms with Crippen LogP contribution in [0.5, 0.6) is 5.75 Å². The molecule has 4 nitrogen and oxygen atoms in total. The summed E-state index contributed by atoms with van der Waals surface area (Å²) in [5.74, 6) is 0.773. The summed E-state index contributed by atoms with van der Waals surface area (Å²) in [6.45, 7) is 0. The molecule has 0 bridgehead atoms. The van der Waals surface area contributed by atoms with Gasteiger partial charge >= 0.3 is 6.03 Å². The van der Waals surface area contributed by atoms with Crippen LogP contribution in [0.3, 0.4) is 0 Å². The second-order valence-corrected chi connectivity index (χ2v) is 4.80. The SMILES string of the molecule is COc1cccc(C2C=C(c3ccccc3)NC(=O)N2)c1. The first kappa shape index (κ1) is 13.2. The monoisotopic (exact) mass is 280 g/mol. The summed E-state index contributed by atoms with van der Waals surface area (Å²) in [5, 5.41) is 5.74. The van der Waals surface area contributed by atoms with Gasteiger partial charge in [0.15, 0.2) is 0 Å². The highest BCUT2D eigenvalue weighted by Gasteiger charge is 2.20. The first-order chi connectivity index (χ1) is 10.3. The number of hydrogen-bond donors (Lipinski definition) is 2. The van der Waals surface area contributed by atoms with E-state index >= 15 is 0 Å². The normalized spacial score (nSPS) is 17.5. The molecule has 4 heteroatoms. The van der Waals surface area contributed by atoms with Crippen molar-refractivity contribution in [1.29, 1.82) is 0 Å².